The van der Waals surface area contributed by atoms with Gasteiger partial charge in [0.2, 0.25) is 0 Å². The molecule has 0 bridgehead atoms. The van der Waals surface area contributed by atoms with Crippen molar-refractivity contribution < 1.29 is 0 Å². The first-order chi connectivity index (χ1) is 9.70. The minimum absolute atomic E-state index is 0.756. The summed E-state index contributed by atoms with van der Waals surface area (Å²) in [7, 11) is 2.14. The molecule has 1 N–H and O–H groups in total. The van der Waals surface area contributed by atoms with Gasteiger partial charge in [-0.1, -0.05) is 31.4 Å². The summed E-state index contributed by atoms with van der Waals surface area (Å²) in [6, 6.07) is 2.12. The van der Waals surface area contributed by atoms with E-state index in [0.717, 1.165) is 48.4 Å². The molecule has 112 valence electrons. The lowest BCUT2D eigenvalue weighted by Gasteiger charge is -2.22. The highest BCUT2D eigenvalue weighted by atomic mass is 35.5. The van der Waals surface area contributed by atoms with Crippen LogP contribution >= 0.6 is 11.6 Å². The van der Waals surface area contributed by atoms with Gasteiger partial charge in [-0.2, -0.15) is 0 Å². The Labute approximate surface area is 127 Å². The van der Waals surface area contributed by atoms with E-state index in [1.165, 1.54) is 25.7 Å². The molecule has 0 aliphatic heterocycles. The Balaban J connectivity index is 1.97. The average Bonchev–Trinajstić information content (AvgIpc) is 2.94. The van der Waals surface area contributed by atoms with Crippen molar-refractivity contribution in [3.63, 3.8) is 0 Å². The molecule has 0 spiro atoms. The molecule has 3 nitrogen and oxygen atoms in total. The fourth-order valence-electron chi connectivity index (χ4n) is 2.89. The lowest BCUT2D eigenvalue weighted by Crippen LogP contribution is -2.25. The van der Waals surface area contributed by atoms with Crippen LogP contribution in [-0.4, -0.2) is 25.1 Å². The van der Waals surface area contributed by atoms with Gasteiger partial charge in [-0.25, -0.2) is 4.98 Å². The van der Waals surface area contributed by atoms with Crippen LogP contribution in [0, 0.1) is 5.92 Å². The summed E-state index contributed by atoms with van der Waals surface area (Å²) in [6.45, 7) is 5.11. The Morgan fingerprint density at radius 1 is 1.40 bits per heavy atom. The number of anilines is 1. The van der Waals surface area contributed by atoms with Gasteiger partial charge in [0.25, 0.3) is 0 Å². The lowest BCUT2D eigenvalue weighted by atomic mass is 10.1. The van der Waals surface area contributed by atoms with Crippen molar-refractivity contribution in [3.05, 3.63) is 22.8 Å². The van der Waals surface area contributed by atoms with Crippen molar-refractivity contribution in [2.75, 3.05) is 25.0 Å². The second kappa shape index (κ2) is 7.84. The monoisotopic (exact) mass is 295 g/mol. The number of pyridine rings is 1. The van der Waals surface area contributed by atoms with Gasteiger partial charge in [-0.15, -0.1) is 0 Å². The van der Waals surface area contributed by atoms with Crippen LogP contribution in [0.2, 0.25) is 5.02 Å². The SMILES string of the molecule is CCCNCc1cc(N(C)CC2CCCC2)ncc1Cl. The second-order valence-electron chi connectivity index (χ2n) is 5.84. The van der Waals surface area contributed by atoms with E-state index in [0.29, 0.717) is 0 Å². The van der Waals surface area contributed by atoms with Crippen LogP contribution in [0.1, 0.15) is 44.6 Å². The molecule has 1 saturated carbocycles. The van der Waals surface area contributed by atoms with Crippen LogP contribution < -0.4 is 10.2 Å². The van der Waals surface area contributed by atoms with E-state index in [4.69, 9.17) is 11.6 Å². The highest BCUT2D eigenvalue weighted by Gasteiger charge is 2.17. The zero-order valence-electron chi connectivity index (χ0n) is 12.7. The summed E-state index contributed by atoms with van der Waals surface area (Å²) in [5.74, 6) is 1.87. The number of halogens is 1. The highest BCUT2D eigenvalue weighted by Crippen LogP contribution is 2.27. The zero-order valence-corrected chi connectivity index (χ0v) is 13.4. The molecule has 1 heterocycles. The summed E-state index contributed by atoms with van der Waals surface area (Å²) >= 11 is 6.23. The number of hydrogen-bond donors (Lipinski definition) is 1. The Morgan fingerprint density at radius 3 is 2.85 bits per heavy atom. The molecule has 0 saturated heterocycles. The second-order valence-corrected chi connectivity index (χ2v) is 6.25. The van der Waals surface area contributed by atoms with Crippen molar-refractivity contribution in [3.8, 4) is 0 Å². The maximum Gasteiger partial charge on any atom is 0.128 e. The first-order valence-electron chi connectivity index (χ1n) is 7.77. The minimum Gasteiger partial charge on any atom is -0.359 e. The molecule has 4 heteroatoms. The van der Waals surface area contributed by atoms with E-state index in [9.17, 15) is 0 Å². The van der Waals surface area contributed by atoms with Gasteiger partial charge in [0.05, 0.1) is 5.02 Å². The topological polar surface area (TPSA) is 28.2 Å². The molecular weight excluding hydrogens is 270 g/mol. The quantitative estimate of drug-likeness (QED) is 0.774. The van der Waals surface area contributed by atoms with Gasteiger partial charge in [-0.3, -0.25) is 0 Å². The van der Waals surface area contributed by atoms with Crippen molar-refractivity contribution in [1.29, 1.82) is 0 Å². The van der Waals surface area contributed by atoms with Crippen LogP contribution in [0.15, 0.2) is 12.3 Å². The third-order valence-corrected chi connectivity index (χ3v) is 4.40. The normalized spacial score (nSPS) is 15.8. The number of nitrogens with zero attached hydrogens (tertiary/aromatic N) is 2. The van der Waals surface area contributed by atoms with E-state index < -0.39 is 0 Å². The average molecular weight is 296 g/mol. The summed E-state index contributed by atoms with van der Waals surface area (Å²) < 4.78 is 0. The van der Waals surface area contributed by atoms with E-state index in [2.05, 4.69) is 35.2 Å². The summed E-state index contributed by atoms with van der Waals surface area (Å²) in [4.78, 5) is 6.75. The Morgan fingerprint density at radius 2 is 2.15 bits per heavy atom. The molecule has 0 aromatic carbocycles. The standard InChI is InChI=1S/C16H26ClN3/c1-3-8-18-10-14-9-16(19-11-15(14)17)20(2)12-13-6-4-5-7-13/h9,11,13,18H,3-8,10,12H2,1-2H3. The third-order valence-electron chi connectivity index (χ3n) is 4.06. The molecule has 2 rings (SSSR count). The molecule has 0 unspecified atom stereocenters. The molecule has 0 atom stereocenters. The predicted molar refractivity (Wildman–Crippen MR) is 86.5 cm³/mol. The molecular formula is C16H26ClN3. The maximum atomic E-state index is 6.23. The molecule has 0 radical (unpaired) electrons. The molecule has 1 aromatic rings. The number of aromatic nitrogens is 1. The first kappa shape index (κ1) is 15.6. The minimum atomic E-state index is 0.756. The van der Waals surface area contributed by atoms with Gasteiger partial charge >= 0.3 is 0 Å². The van der Waals surface area contributed by atoms with Crippen molar-refractivity contribution in [2.24, 2.45) is 5.92 Å². The Kier molecular flexibility index (Phi) is 6.11. The van der Waals surface area contributed by atoms with E-state index in [1.807, 2.05) is 0 Å². The number of hydrogen-bond acceptors (Lipinski definition) is 3. The van der Waals surface area contributed by atoms with E-state index in [1.54, 1.807) is 6.20 Å². The van der Waals surface area contributed by atoms with Gasteiger partial charge < -0.3 is 10.2 Å². The number of nitrogens with one attached hydrogen (secondary N) is 1. The van der Waals surface area contributed by atoms with Gasteiger partial charge in [0.1, 0.15) is 5.82 Å². The van der Waals surface area contributed by atoms with Crippen LogP contribution in [0.25, 0.3) is 0 Å². The van der Waals surface area contributed by atoms with Gasteiger partial charge in [0, 0.05) is 26.3 Å². The molecule has 1 aromatic heterocycles. The van der Waals surface area contributed by atoms with Gasteiger partial charge in [-0.05, 0) is 43.4 Å². The Hall–Kier alpha value is -0.800. The van der Waals surface area contributed by atoms with Crippen LogP contribution in [0.5, 0.6) is 0 Å². The van der Waals surface area contributed by atoms with E-state index >= 15 is 0 Å². The largest absolute Gasteiger partial charge is 0.359 e. The van der Waals surface area contributed by atoms with Crippen LogP contribution in [0.3, 0.4) is 0 Å². The lowest BCUT2D eigenvalue weighted by molar-refractivity contribution is 0.545. The fraction of sp³-hybridized carbons (Fsp3) is 0.688. The number of rotatable bonds is 7. The zero-order chi connectivity index (χ0) is 14.4. The van der Waals surface area contributed by atoms with E-state index in [-0.39, 0.29) is 0 Å². The molecule has 1 aliphatic rings. The fourth-order valence-corrected chi connectivity index (χ4v) is 3.06. The smallest absolute Gasteiger partial charge is 0.128 e. The van der Waals surface area contributed by atoms with Gasteiger partial charge in [0.15, 0.2) is 0 Å². The van der Waals surface area contributed by atoms with Crippen molar-refractivity contribution in [1.82, 2.24) is 10.3 Å². The predicted octanol–water partition coefficient (Wildman–Crippen LogP) is 3.86. The summed E-state index contributed by atoms with van der Waals surface area (Å²) in [5, 5.41) is 4.16. The summed E-state index contributed by atoms with van der Waals surface area (Å²) in [6.07, 6.45) is 8.42. The third kappa shape index (κ3) is 4.35. The summed E-state index contributed by atoms with van der Waals surface area (Å²) in [5.41, 5.74) is 1.14. The molecule has 0 amide bonds. The molecule has 20 heavy (non-hydrogen) atoms. The maximum absolute atomic E-state index is 6.23. The molecule has 1 aliphatic carbocycles. The molecule has 1 fully saturated rings. The van der Waals surface area contributed by atoms with Crippen molar-refractivity contribution >= 4 is 17.4 Å². The van der Waals surface area contributed by atoms with Crippen molar-refractivity contribution in [2.45, 2.75) is 45.6 Å². The van der Waals surface area contributed by atoms with Crippen LogP contribution in [0.4, 0.5) is 5.82 Å². The highest BCUT2D eigenvalue weighted by molar-refractivity contribution is 6.31. The van der Waals surface area contributed by atoms with Crippen LogP contribution in [-0.2, 0) is 6.54 Å². The Bertz CT molecular complexity index is 416. The first-order valence-corrected chi connectivity index (χ1v) is 8.14.